The zero-order chi connectivity index (χ0) is 18.3. The molecule has 0 unspecified atom stereocenters. The van der Waals surface area contributed by atoms with Crippen molar-refractivity contribution in [2.75, 3.05) is 26.2 Å². The molecular weight excluding hydrogens is 352 g/mol. The molecule has 1 saturated heterocycles. The van der Waals surface area contributed by atoms with Gasteiger partial charge in [0.1, 0.15) is 0 Å². The lowest BCUT2D eigenvalue weighted by atomic mass is 9.72. The van der Waals surface area contributed by atoms with Crippen LogP contribution in [0.2, 0.25) is 0 Å². The van der Waals surface area contributed by atoms with Gasteiger partial charge < -0.3 is 5.11 Å². The van der Waals surface area contributed by atoms with Crippen LogP contribution in [0.25, 0.3) is 0 Å². The van der Waals surface area contributed by atoms with Crippen LogP contribution in [0, 0.1) is 0 Å². The van der Waals surface area contributed by atoms with Crippen LogP contribution in [0.4, 0.5) is 0 Å². The molecule has 2 atom stereocenters. The van der Waals surface area contributed by atoms with E-state index in [9.17, 15) is 5.11 Å². The van der Waals surface area contributed by atoms with E-state index in [0.29, 0.717) is 0 Å². The molecule has 142 valence electrons. The smallest absolute Gasteiger partial charge is 0.0834 e. The first-order valence-corrected chi connectivity index (χ1v) is 11.1. The summed E-state index contributed by atoms with van der Waals surface area (Å²) in [6.07, 6.45) is 7.42. The Morgan fingerprint density at radius 2 is 1.89 bits per heavy atom. The number of hydrogen-bond donors (Lipinski definition) is 1. The van der Waals surface area contributed by atoms with Crippen LogP contribution < -0.4 is 0 Å². The molecule has 4 heteroatoms. The van der Waals surface area contributed by atoms with Crippen molar-refractivity contribution in [1.82, 2.24) is 9.80 Å². The Morgan fingerprint density at radius 3 is 2.63 bits per heavy atom. The van der Waals surface area contributed by atoms with Gasteiger partial charge in [0, 0.05) is 29.9 Å². The highest BCUT2D eigenvalue weighted by Gasteiger charge is 2.53. The maximum Gasteiger partial charge on any atom is 0.0834 e. The van der Waals surface area contributed by atoms with Crippen LogP contribution in [-0.2, 0) is 12.0 Å². The molecule has 0 radical (unpaired) electrons. The highest BCUT2D eigenvalue weighted by Crippen LogP contribution is 2.53. The molecule has 27 heavy (non-hydrogen) atoms. The molecule has 1 aliphatic carbocycles. The van der Waals surface area contributed by atoms with E-state index in [1.807, 2.05) is 11.3 Å². The van der Waals surface area contributed by atoms with Gasteiger partial charge in [-0.05, 0) is 54.9 Å². The standard InChI is InChI=1S/C23H28N2OS/c26-22-21(25-12-4-1-5-13-25)19-8-2-3-9-20(19)23(22)10-14-24(15-11-23)17-18-7-6-16-27-18/h1-4,6-9,16,21-22,26H,5,10-15,17H2/t21-,22+/m0/s1. The van der Waals surface area contributed by atoms with E-state index in [2.05, 4.69) is 63.7 Å². The number of rotatable bonds is 3. The molecule has 0 amide bonds. The van der Waals surface area contributed by atoms with E-state index in [-0.39, 0.29) is 17.6 Å². The number of aliphatic hydroxyl groups is 1. The number of thiophene rings is 1. The van der Waals surface area contributed by atoms with Gasteiger partial charge in [-0.2, -0.15) is 0 Å². The van der Waals surface area contributed by atoms with Crippen molar-refractivity contribution in [2.24, 2.45) is 0 Å². The summed E-state index contributed by atoms with van der Waals surface area (Å²) in [6.45, 7) is 5.18. The number of fused-ring (bicyclic) bond motifs is 2. The fourth-order valence-corrected chi connectivity index (χ4v) is 6.19. The van der Waals surface area contributed by atoms with Crippen LogP contribution in [0.5, 0.6) is 0 Å². The summed E-state index contributed by atoms with van der Waals surface area (Å²) in [5.74, 6) is 0. The van der Waals surface area contributed by atoms with E-state index in [4.69, 9.17) is 0 Å². The van der Waals surface area contributed by atoms with Crippen LogP contribution in [0.15, 0.2) is 53.9 Å². The lowest BCUT2D eigenvalue weighted by molar-refractivity contribution is -0.0140. The first-order chi connectivity index (χ1) is 13.3. The fraction of sp³-hybridized carbons (Fsp3) is 0.478. The Balaban J connectivity index is 1.40. The van der Waals surface area contributed by atoms with E-state index in [1.165, 1.54) is 16.0 Å². The Morgan fingerprint density at radius 1 is 1.04 bits per heavy atom. The van der Waals surface area contributed by atoms with Crippen molar-refractivity contribution in [3.8, 4) is 0 Å². The lowest BCUT2D eigenvalue weighted by Crippen LogP contribution is -2.49. The summed E-state index contributed by atoms with van der Waals surface area (Å²) in [5.41, 5.74) is 2.70. The molecule has 1 N–H and O–H groups in total. The second-order valence-corrected chi connectivity index (χ2v) is 9.28. The van der Waals surface area contributed by atoms with Crippen molar-refractivity contribution >= 4 is 11.3 Å². The Labute approximate surface area is 165 Å². The molecule has 5 rings (SSSR count). The Hall–Kier alpha value is -1.46. The third-order valence-corrected chi connectivity index (χ3v) is 7.73. The maximum absolute atomic E-state index is 11.6. The highest BCUT2D eigenvalue weighted by atomic mass is 32.1. The molecule has 3 nitrogen and oxygen atoms in total. The van der Waals surface area contributed by atoms with E-state index < -0.39 is 0 Å². The number of aliphatic hydroxyl groups excluding tert-OH is 1. The highest BCUT2D eigenvalue weighted by molar-refractivity contribution is 7.09. The van der Waals surface area contributed by atoms with Gasteiger partial charge in [-0.25, -0.2) is 0 Å². The zero-order valence-corrected chi connectivity index (χ0v) is 16.6. The van der Waals surface area contributed by atoms with Gasteiger partial charge in [-0.15, -0.1) is 11.3 Å². The molecule has 3 aliphatic rings. The number of piperidine rings is 1. The second-order valence-electron chi connectivity index (χ2n) is 8.24. The topological polar surface area (TPSA) is 26.7 Å². The molecule has 1 aromatic heterocycles. The normalized spacial score (nSPS) is 27.9. The largest absolute Gasteiger partial charge is 0.390 e. The maximum atomic E-state index is 11.6. The predicted octanol–water partition coefficient (Wildman–Crippen LogP) is 3.96. The van der Waals surface area contributed by atoms with Crippen molar-refractivity contribution in [3.05, 3.63) is 69.9 Å². The molecule has 1 aromatic carbocycles. The van der Waals surface area contributed by atoms with Crippen molar-refractivity contribution in [2.45, 2.75) is 43.4 Å². The van der Waals surface area contributed by atoms with Crippen molar-refractivity contribution in [1.29, 1.82) is 0 Å². The van der Waals surface area contributed by atoms with E-state index in [1.54, 1.807) is 0 Å². The summed E-state index contributed by atoms with van der Waals surface area (Å²) in [7, 11) is 0. The first-order valence-electron chi connectivity index (χ1n) is 10.2. The van der Waals surface area contributed by atoms with Crippen LogP contribution >= 0.6 is 11.3 Å². The SMILES string of the molecule is O[C@@H]1[C@@H](N2CC=CCC2)c2ccccc2C12CCN(Cc1cccs1)CC2. The van der Waals surface area contributed by atoms with Crippen molar-refractivity contribution < 1.29 is 5.11 Å². The second kappa shape index (κ2) is 7.17. The quantitative estimate of drug-likeness (QED) is 0.817. The van der Waals surface area contributed by atoms with Gasteiger partial charge >= 0.3 is 0 Å². The summed E-state index contributed by atoms with van der Waals surface area (Å²) in [4.78, 5) is 6.48. The average Bonchev–Trinajstić information content (AvgIpc) is 3.30. The predicted molar refractivity (Wildman–Crippen MR) is 111 cm³/mol. The number of benzene rings is 1. The van der Waals surface area contributed by atoms with Gasteiger partial charge in [-0.1, -0.05) is 42.5 Å². The minimum absolute atomic E-state index is 0.0750. The average molecular weight is 381 g/mol. The molecular formula is C23H28N2OS. The van der Waals surface area contributed by atoms with Gasteiger partial charge in [0.05, 0.1) is 12.1 Å². The van der Waals surface area contributed by atoms with Crippen molar-refractivity contribution in [3.63, 3.8) is 0 Å². The third kappa shape index (κ3) is 2.99. The van der Waals surface area contributed by atoms with Crippen LogP contribution in [-0.4, -0.2) is 47.2 Å². The zero-order valence-electron chi connectivity index (χ0n) is 15.8. The van der Waals surface area contributed by atoms with Crippen LogP contribution in [0.1, 0.15) is 41.3 Å². The molecule has 2 aromatic rings. The van der Waals surface area contributed by atoms with Gasteiger partial charge in [0.25, 0.3) is 0 Å². The monoisotopic (exact) mass is 380 g/mol. The number of likely N-dealkylation sites (tertiary alicyclic amines) is 1. The molecule has 0 bridgehead atoms. The summed E-state index contributed by atoms with van der Waals surface area (Å²) in [6, 6.07) is 13.4. The molecule has 0 saturated carbocycles. The third-order valence-electron chi connectivity index (χ3n) is 6.87. The molecule has 1 fully saturated rings. The molecule has 2 aliphatic heterocycles. The minimum atomic E-state index is -0.301. The first kappa shape index (κ1) is 17.6. The van der Waals surface area contributed by atoms with Crippen LogP contribution in [0.3, 0.4) is 0 Å². The molecule has 3 heterocycles. The lowest BCUT2D eigenvalue weighted by Gasteiger charge is -2.44. The van der Waals surface area contributed by atoms with E-state index >= 15 is 0 Å². The minimum Gasteiger partial charge on any atom is -0.390 e. The van der Waals surface area contributed by atoms with Gasteiger partial charge in [0.15, 0.2) is 0 Å². The number of nitrogens with zero attached hydrogens (tertiary/aromatic N) is 2. The molecule has 1 spiro atoms. The Bertz CT molecular complexity index is 808. The summed E-state index contributed by atoms with van der Waals surface area (Å²) >= 11 is 1.84. The number of hydrogen-bond acceptors (Lipinski definition) is 4. The van der Waals surface area contributed by atoms with Gasteiger partial charge in [0.2, 0.25) is 0 Å². The summed E-state index contributed by atoms with van der Waals surface area (Å²) in [5, 5.41) is 13.8. The Kier molecular flexibility index (Phi) is 4.68. The van der Waals surface area contributed by atoms with Gasteiger partial charge in [-0.3, -0.25) is 9.80 Å². The summed E-state index contributed by atoms with van der Waals surface area (Å²) < 4.78 is 0. The fourth-order valence-electron chi connectivity index (χ4n) is 5.45. The van der Waals surface area contributed by atoms with E-state index in [0.717, 1.165) is 52.0 Å².